The Labute approximate surface area is 166 Å². The SMILES string of the molecule is Cc1cc(C)c(N(C)c2nc(-c3ccccc3)[nH]c2-c2ccccc2)c(C)c1. The van der Waals surface area contributed by atoms with E-state index in [1.54, 1.807) is 0 Å². The number of rotatable bonds is 4. The molecule has 140 valence electrons. The van der Waals surface area contributed by atoms with Gasteiger partial charge in [0, 0.05) is 23.9 Å². The molecule has 0 fully saturated rings. The Morgan fingerprint density at radius 3 is 1.86 bits per heavy atom. The topological polar surface area (TPSA) is 31.9 Å². The van der Waals surface area contributed by atoms with Crippen molar-refractivity contribution in [1.82, 2.24) is 9.97 Å². The predicted molar refractivity (Wildman–Crippen MR) is 118 cm³/mol. The molecule has 3 heteroatoms. The van der Waals surface area contributed by atoms with Gasteiger partial charge < -0.3 is 9.88 Å². The van der Waals surface area contributed by atoms with Gasteiger partial charge in [-0.3, -0.25) is 0 Å². The number of hydrogen-bond acceptors (Lipinski definition) is 2. The van der Waals surface area contributed by atoms with E-state index in [9.17, 15) is 0 Å². The zero-order valence-electron chi connectivity index (χ0n) is 16.8. The average Bonchev–Trinajstić information content (AvgIpc) is 3.14. The molecule has 0 amide bonds. The molecule has 28 heavy (non-hydrogen) atoms. The molecular formula is C25H25N3. The molecule has 0 bridgehead atoms. The number of H-pyrrole nitrogens is 1. The van der Waals surface area contributed by atoms with Crippen LogP contribution in [0.25, 0.3) is 22.6 Å². The summed E-state index contributed by atoms with van der Waals surface area (Å²) in [5, 5.41) is 0. The fourth-order valence-electron chi connectivity index (χ4n) is 3.95. The Balaban J connectivity index is 1.89. The van der Waals surface area contributed by atoms with E-state index in [1.807, 2.05) is 24.3 Å². The third-order valence-electron chi connectivity index (χ3n) is 5.08. The van der Waals surface area contributed by atoms with Gasteiger partial charge in [-0.25, -0.2) is 4.98 Å². The van der Waals surface area contributed by atoms with E-state index in [2.05, 4.69) is 86.2 Å². The summed E-state index contributed by atoms with van der Waals surface area (Å²) in [4.78, 5) is 10.8. The van der Waals surface area contributed by atoms with Gasteiger partial charge in [0.05, 0.1) is 5.69 Å². The maximum atomic E-state index is 5.01. The molecule has 3 aromatic carbocycles. The standard InChI is InChI=1S/C25H25N3/c1-17-15-18(2)23(19(3)16-17)28(4)25-22(20-11-7-5-8-12-20)26-24(27-25)21-13-9-6-10-14-21/h5-16H,1-4H3,(H,26,27). The first-order chi connectivity index (χ1) is 13.5. The third kappa shape index (κ3) is 3.31. The first kappa shape index (κ1) is 18.1. The third-order valence-corrected chi connectivity index (χ3v) is 5.08. The van der Waals surface area contributed by atoms with Crippen molar-refractivity contribution < 1.29 is 0 Å². The number of aryl methyl sites for hydroxylation is 3. The van der Waals surface area contributed by atoms with Crippen molar-refractivity contribution in [3.63, 3.8) is 0 Å². The van der Waals surface area contributed by atoms with Crippen LogP contribution in [0.3, 0.4) is 0 Å². The van der Waals surface area contributed by atoms with Crippen molar-refractivity contribution in [2.24, 2.45) is 0 Å². The number of imidazole rings is 1. The number of nitrogens with one attached hydrogen (secondary N) is 1. The second-order valence-corrected chi connectivity index (χ2v) is 7.32. The van der Waals surface area contributed by atoms with E-state index in [0.717, 1.165) is 28.5 Å². The summed E-state index contributed by atoms with van der Waals surface area (Å²) >= 11 is 0. The number of benzene rings is 3. The Morgan fingerprint density at radius 1 is 0.750 bits per heavy atom. The van der Waals surface area contributed by atoms with Crippen LogP contribution in [0.5, 0.6) is 0 Å². The Bertz CT molecular complexity index is 1070. The number of hydrogen-bond donors (Lipinski definition) is 1. The summed E-state index contributed by atoms with van der Waals surface area (Å²) in [6.07, 6.45) is 0. The van der Waals surface area contributed by atoms with Crippen molar-refractivity contribution in [2.75, 3.05) is 11.9 Å². The number of anilines is 2. The lowest BCUT2D eigenvalue weighted by molar-refractivity contribution is 1.12. The summed E-state index contributed by atoms with van der Waals surface area (Å²) in [6, 6.07) is 25.1. The second-order valence-electron chi connectivity index (χ2n) is 7.32. The smallest absolute Gasteiger partial charge is 0.159 e. The number of nitrogens with zero attached hydrogens (tertiary/aromatic N) is 2. The van der Waals surface area contributed by atoms with Gasteiger partial charge in [-0.15, -0.1) is 0 Å². The average molecular weight is 367 g/mol. The summed E-state index contributed by atoms with van der Waals surface area (Å²) in [5.74, 6) is 1.81. The van der Waals surface area contributed by atoms with Gasteiger partial charge in [-0.1, -0.05) is 78.4 Å². The highest BCUT2D eigenvalue weighted by molar-refractivity contribution is 5.81. The first-order valence-corrected chi connectivity index (χ1v) is 9.57. The number of aromatic amines is 1. The molecule has 0 aliphatic heterocycles. The fourth-order valence-corrected chi connectivity index (χ4v) is 3.95. The quantitative estimate of drug-likeness (QED) is 0.450. The van der Waals surface area contributed by atoms with Gasteiger partial charge in [0.1, 0.15) is 5.82 Å². The first-order valence-electron chi connectivity index (χ1n) is 9.57. The molecule has 1 N–H and O–H groups in total. The minimum Gasteiger partial charge on any atom is -0.336 e. The molecule has 1 heterocycles. The van der Waals surface area contributed by atoms with Crippen molar-refractivity contribution in [2.45, 2.75) is 20.8 Å². The zero-order chi connectivity index (χ0) is 19.7. The molecule has 4 rings (SSSR count). The Hall–Kier alpha value is -3.33. The van der Waals surface area contributed by atoms with Crippen LogP contribution in [0.1, 0.15) is 16.7 Å². The van der Waals surface area contributed by atoms with Crippen molar-refractivity contribution in [3.8, 4) is 22.6 Å². The summed E-state index contributed by atoms with van der Waals surface area (Å²) in [5.41, 5.74) is 8.22. The maximum Gasteiger partial charge on any atom is 0.159 e. The zero-order valence-corrected chi connectivity index (χ0v) is 16.8. The van der Waals surface area contributed by atoms with E-state index in [-0.39, 0.29) is 0 Å². The van der Waals surface area contributed by atoms with Gasteiger partial charge in [0.15, 0.2) is 5.82 Å². The van der Waals surface area contributed by atoms with Gasteiger partial charge in [0.25, 0.3) is 0 Å². The van der Waals surface area contributed by atoms with Gasteiger partial charge in [-0.2, -0.15) is 0 Å². The van der Waals surface area contributed by atoms with Gasteiger partial charge in [-0.05, 0) is 31.9 Å². The maximum absolute atomic E-state index is 5.01. The predicted octanol–water partition coefficient (Wildman–Crippen LogP) is 6.44. The molecule has 0 spiro atoms. The van der Waals surface area contributed by atoms with Crippen molar-refractivity contribution in [3.05, 3.63) is 89.5 Å². The van der Waals surface area contributed by atoms with Crippen LogP contribution in [-0.2, 0) is 0 Å². The molecule has 1 aromatic heterocycles. The molecule has 4 aromatic rings. The minimum atomic E-state index is 0.878. The Kier molecular flexibility index (Phi) is 4.74. The molecule has 0 saturated carbocycles. The lowest BCUT2D eigenvalue weighted by Crippen LogP contribution is -2.14. The fraction of sp³-hybridized carbons (Fsp3) is 0.160. The highest BCUT2D eigenvalue weighted by Crippen LogP contribution is 2.37. The van der Waals surface area contributed by atoms with Crippen molar-refractivity contribution in [1.29, 1.82) is 0 Å². The van der Waals surface area contributed by atoms with E-state index in [1.165, 1.54) is 22.4 Å². The summed E-state index contributed by atoms with van der Waals surface area (Å²) in [7, 11) is 2.10. The van der Waals surface area contributed by atoms with E-state index in [0.29, 0.717) is 0 Å². The normalized spacial score (nSPS) is 10.9. The summed E-state index contributed by atoms with van der Waals surface area (Å²) < 4.78 is 0. The number of aromatic nitrogens is 2. The van der Waals surface area contributed by atoms with Crippen LogP contribution in [0.2, 0.25) is 0 Å². The highest BCUT2D eigenvalue weighted by atomic mass is 15.2. The summed E-state index contributed by atoms with van der Waals surface area (Å²) in [6.45, 7) is 6.47. The van der Waals surface area contributed by atoms with E-state index >= 15 is 0 Å². The minimum absolute atomic E-state index is 0.878. The van der Waals surface area contributed by atoms with E-state index < -0.39 is 0 Å². The lowest BCUT2D eigenvalue weighted by atomic mass is 10.0. The molecule has 3 nitrogen and oxygen atoms in total. The van der Waals surface area contributed by atoms with Crippen LogP contribution < -0.4 is 4.90 Å². The highest BCUT2D eigenvalue weighted by Gasteiger charge is 2.20. The molecular weight excluding hydrogens is 342 g/mol. The monoisotopic (exact) mass is 367 g/mol. The van der Waals surface area contributed by atoms with E-state index in [4.69, 9.17) is 4.98 Å². The molecule has 0 atom stereocenters. The van der Waals surface area contributed by atoms with Crippen LogP contribution in [0.15, 0.2) is 72.8 Å². The van der Waals surface area contributed by atoms with Gasteiger partial charge >= 0.3 is 0 Å². The van der Waals surface area contributed by atoms with Crippen LogP contribution >= 0.6 is 0 Å². The molecule has 0 aliphatic carbocycles. The van der Waals surface area contributed by atoms with Crippen LogP contribution in [0, 0.1) is 20.8 Å². The molecule has 0 saturated heterocycles. The second kappa shape index (κ2) is 7.35. The van der Waals surface area contributed by atoms with Crippen LogP contribution in [-0.4, -0.2) is 17.0 Å². The van der Waals surface area contributed by atoms with Crippen LogP contribution in [0.4, 0.5) is 11.5 Å². The van der Waals surface area contributed by atoms with Gasteiger partial charge in [0.2, 0.25) is 0 Å². The molecule has 0 unspecified atom stereocenters. The lowest BCUT2D eigenvalue weighted by Gasteiger charge is -2.23. The van der Waals surface area contributed by atoms with Crippen molar-refractivity contribution >= 4 is 11.5 Å². The molecule has 0 radical (unpaired) electrons. The molecule has 0 aliphatic rings. The Morgan fingerprint density at radius 2 is 1.29 bits per heavy atom. The largest absolute Gasteiger partial charge is 0.336 e.